The number of halogens is 1. The number of likely N-dealkylation sites (tertiary alicyclic amines) is 1. The summed E-state index contributed by atoms with van der Waals surface area (Å²) in [6.07, 6.45) is 6.53. The molecule has 2 heterocycles. The lowest BCUT2D eigenvalue weighted by Gasteiger charge is -2.37. The molecule has 0 bridgehead atoms. The maximum Gasteiger partial charge on any atom is 0.123 e. The summed E-state index contributed by atoms with van der Waals surface area (Å²) < 4.78 is 6.10. The molecule has 1 fully saturated rings. The van der Waals surface area contributed by atoms with Crippen molar-refractivity contribution in [1.82, 2.24) is 10.2 Å². The van der Waals surface area contributed by atoms with Crippen molar-refractivity contribution in [2.24, 2.45) is 0 Å². The summed E-state index contributed by atoms with van der Waals surface area (Å²) in [6.45, 7) is 3.36. The number of piperidine rings is 1. The lowest BCUT2D eigenvalue weighted by atomic mass is 9.98. The number of nitrogens with zero attached hydrogens (tertiary/aromatic N) is 1. The molecule has 2 aliphatic rings. The highest BCUT2D eigenvalue weighted by molar-refractivity contribution is 6.30. The van der Waals surface area contributed by atoms with Crippen LogP contribution >= 0.6 is 11.6 Å². The zero-order valence-corrected chi connectivity index (χ0v) is 13.5. The minimum atomic E-state index is 0.286. The Hall–Kier alpha value is -0.770. The minimum absolute atomic E-state index is 0.286. The summed E-state index contributed by atoms with van der Waals surface area (Å²) in [5, 5.41) is 4.09. The molecule has 1 N–H and O–H groups in total. The van der Waals surface area contributed by atoms with Crippen LogP contribution < -0.4 is 10.1 Å². The first kappa shape index (κ1) is 15.1. The topological polar surface area (TPSA) is 24.5 Å². The molecule has 4 heteroatoms. The molecule has 0 radical (unpaired) electrons. The van der Waals surface area contributed by atoms with Crippen LogP contribution in [0.25, 0.3) is 0 Å². The molecule has 2 atom stereocenters. The van der Waals surface area contributed by atoms with E-state index >= 15 is 0 Å². The van der Waals surface area contributed by atoms with Crippen LogP contribution in [-0.2, 0) is 6.42 Å². The third kappa shape index (κ3) is 3.71. The van der Waals surface area contributed by atoms with E-state index in [0.717, 1.165) is 30.3 Å². The molecule has 1 aromatic rings. The zero-order chi connectivity index (χ0) is 14.7. The number of nitrogens with one attached hydrogen (secondary N) is 1. The van der Waals surface area contributed by atoms with E-state index in [1.165, 1.54) is 37.8 Å². The first-order valence-electron chi connectivity index (χ1n) is 8.10. The minimum Gasteiger partial charge on any atom is -0.488 e. The molecule has 3 nitrogen and oxygen atoms in total. The maximum atomic E-state index is 6.10. The first-order valence-corrected chi connectivity index (χ1v) is 8.48. The van der Waals surface area contributed by atoms with Crippen LogP contribution in [0, 0.1) is 0 Å². The van der Waals surface area contributed by atoms with E-state index in [1.54, 1.807) is 0 Å². The Balaban J connectivity index is 1.58. The van der Waals surface area contributed by atoms with E-state index in [1.807, 2.05) is 25.2 Å². The van der Waals surface area contributed by atoms with Gasteiger partial charge in [0.05, 0.1) is 0 Å². The van der Waals surface area contributed by atoms with Crippen LogP contribution in [0.1, 0.15) is 31.2 Å². The Morgan fingerprint density at radius 1 is 1.38 bits per heavy atom. The van der Waals surface area contributed by atoms with Crippen LogP contribution in [0.5, 0.6) is 5.75 Å². The summed E-state index contributed by atoms with van der Waals surface area (Å²) in [5.74, 6) is 1.02. The highest BCUT2D eigenvalue weighted by atomic mass is 35.5. The number of ether oxygens (including phenoxy) is 1. The third-order valence-corrected chi connectivity index (χ3v) is 4.91. The van der Waals surface area contributed by atoms with Crippen LogP contribution in [0.4, 0.5) is 0 Å². The average Bonchev–Trinajstić information content (AvgIpc) is 2.87. The SMILES string of the molecule is CNCCC1CCCCN1CC1Cc2cc(Cl)ccc2O1. The van der Waals surface area contributed by atoms with Crippen LogP contribution in [0.15, 0.2) is 18.2 Å². The van der Waals surface area contributed by atoms with Crippen molar-refractivity contribution in [2.75, 3.05) is 26.7 Å². The van der Waals surface area contributed by atoms with Gasteiger partial charge >= 0.3 is 0 Å². The van der Waals surface area contributed by atoms with Crippen molar-refractivity contribution < 1.29 is 4.74 Å². The van der Waals surface area contributed by atoms with E-state index in [0.29, 0.717) is 6.04 Å². The van der Waals surface area contributed by atoms with E-state index in [9.17, 15) is 0 Å². The van der Waals surface area contributed by atoms with Crippen LogP contribution in [0.2, 0.25) is 5.02 Å². The lowest BCUT2D eigenvalue weighted by molar-refractivity contribution is 0.0861. The van der Waals surface area contributed by atoms with Crippen molar-refractivity contribution in [2.45, 2.75) is 44.2 Å². The number of benzene rings is 1. The quantitative estimate of drug-likeness (QED) is 0.904. The molecule has 2 unspecified atom stereocenters. The fourth-order valence-electron chi connectivity index (χ4n) is 3.59. The van der Waals surface area contributed by atoms with Crippen molar-refractivity contribution in [3.8, 4) is 5.75 Å². The van der Waals surface area contributed by atoms with E-state index in [4.69, 9.17) is 16.3 Å². The van der Waals surface area contributed by atoms with E-state index < -0.39 is 0 Å². The molecule has 0 amide bonds. The second-order valence-electron chi connectivity index (χ2n) is 6.23. The predicted molar refractivity (Wildman–Crippen MR) is 87.3 cm³/mol. The van der Waals surface area contributed by atoms with Gasteiger partial charge in [0.15, 0.2) is 0 Å². The van der Waals surface area contributed by atoms with Gasteiger partial charge in [0.2, 0.25) is 0 Å². The Labute approximate surface area is 132 Å². The Kier molecular flexibility index (Phi) is 5.04. The van der Waals surface area contributed by atoms with Gasteiger partial charge < -0.3 is 10.1 Å². The van der Waals surface area contributed by atoms with Gasteiger partial charge in [-0.1, -0.05) is 18.0 Å². The standard InChI is InChI=1S/C17H25ClN2O/c1-19-8-7-15-4-2-3-9-20(15)12-16-11-13-10-14(18)5-6-17(13)21-16/h5-6,10,15-16,19H,2-4,7-9,11-12H2,1H3. The van der Waals surface area contributed by atoms with Crippen molar-refractivity contribution in [1.29, 1.82) is 0 Å². The summed E-state index contributed by atoms with van der Waals surface area (Å²) in [7, 11) is 2.04. The van der Waals surface area contributed by atoms with Crippen LogP contribution in [-0.4, -0.2) is 43.7 Å². The van der Waals surface area contributed by atoms with Gasteiger partial charge in [0.1, 0.15) is 11.9 Å². The van der Waals surface area contributed by atoms with Gasteiger partial charge in [-0.15, -0.1) is 0 Å². The molecule has 2 aliphatic heterocycles. The zero-order valence-electron chi connectivity index (χ0n) is 12.8. The molecule has 116 valence electrons. The normalized spacial score (nSPS) is 25.6. The Morgan fingerprint density at radius 2 is 2.29 bits per heavy atom. The molecule has 21 heavy (non-hydrogen) atoms. The van der Waals surface area contributed by atoms with E-state index in [2.05, 4.69) is 10.2 Å². The Morgan fingerprint density at radius 3 is 3.14 bits per heavy atom. The van der Waals surface area contributed by atoms with Gasteiger partial charge in [-0.05, 0) is 63.2 Å². The van der Waals surface area contributed by atoms with Gasteiger partial charge in [-0.3, -0.25) is 4.90 Å². The number of hydrogen-bond acceptors (Lipinski definition) is 3. The largest absolute Gasteiger partial charge is 0.488 e. The fourth-order valence-corrected chi connectivity index (χ4v) is 3.79. The molecule has 3 rings (SSSR count). The smallest absolute Gasteiger partial charge is 0.123 e. The van der Waals surface area contributed by atoms with Gasteiger partial charge in [-0.2, -0.15) is 0 Å². The second-order valence-corrected chi connectivity index (χ2v) is 6.67. The van der Waals surface area contributed by atoms with Gasteiger partial charge in [0, 0.05) is 24.0 Å². The second kappa shape index (κ2) is 6.99. The van der Waals surface area contributed by atoms with Crippen molar-refractivity contribution in [3.63, 3.8) is 0 Å². The summed E-state index contributed by atoms with van der Waals surface area (Å²) in [6, 6.07) is 6.68. The molecule has 0 aromatic heterocycles. The number of fused-ring (bicyclic) bond motifs is 1. The van der Waals surface area contributed by atoms with E-state index in [-0.39, 0.29) is 6.10 Å². The fraction of sp³-hybridized carbons (Fsp3) is 0.647. The third-order valence-electron chi connectivity index (χ3n) is 4.68. The molecular weight excluding hydrogens is 284 g/mol. The number of hydrogen-bond donors (Lipinski definition) is 1. The first-order chi connectivity index (χ1) is 10.3. The summed E-state index contributed by atoms with van der Waals surface area (Å²) in [5.41, 5.74) is 1.26. The van der Waals surface area contributed by atoms with Gasteiger partial charge in [-0.25, -0.2) is 0 Å². The molecule has 0 aliphatic carbocycles. The summed E-state index contributed by atoms with van der Waals surface area (Å²) in [4.78, 5) is 2.64. The van der Waals surface area contributed by atoms with Crippen LogP contribution in [0.3, 0.4) is 0 Å². The number of rotatable bonds is 5. The molecule has 1 saturated heterocycles. The summed E-state index contributed by atoms with van der Waals surface area (Å²) >= 11 is 6.07. The maximum absolute atomic E-state index is 6.10. The molecule has 1 aromatic carbocycles. The van der Waals surface area contributed by atoms with Crippen molar-refractivity contribution >= 4 is 11.6 Å². The highest BCUT2D eigenvalue weighted by Gasteiger charge is 2.29. The molecule has 0 saturated carbocycles. The lowest BCUT2D eigenvalue weighted by Crippen LogP contribution is -2.45. The molecule has 0 spiro atoms. The highest BCUT2D eigenvalue weighted by Crippen LogP contribution is 2.32. The monoisotopic (exact) mass is 308 g/mol. The van der Waals surface area contributed by atoms with Crippen molar-refractivity contribution in [3.05, 3.63) is 28.8 Å². The van der Waals surface area contributed by atoms with Gasteiger partial charge in [0.25, 0.3) is 0 Å². The molecular formula is C17H25ClN2O. The average molecular weight is 309 g/mol. The predicted octanol–water partition coefficient (Wildman–Crippen LogP) is 3.11. The Bertz CT molecular complexity index is 480.